The van der Waals surface area contributed by atoms with Crippen LogP contribution in [-0.2, 0) is 0 Å². The Hall–Kier alpha value is -0.880. The second-order valence-electron chi connectivity index (χ2n) is 9.31. The molecule has 0 saturated heterocycles. The summed E-state index contributed by atoms with van der Waals surface area (Å²) in [6.07, 6.45) is 8.15. The molecular weight excluding hydrogens is 443 g/mol. The van der Waals surface area contributed by atoms with E-state index in [0.29, 0.717) is 25.4 Å². The molecule has 4 saturated carbocycles. The van der Waals surface area contributed by atoms with Crippen LogP contribution in [0.1, 0.15) is 55.1 Å². The Kier molecular flexibility index (Phi) is 5.09. The summed E-state index contributed by atoms with van der Waals surface area (Å²) in [5.41, 5.74) is 0.329. The summed E-state index contributed by atoms with van der Waals surface area (Å²) in [6, 6.07) is 5.72. The molecule has 1 aromatic heterocycles. The first-order valence-electron chi connectivity index (χ1n) is 10.3. The summed E-state index contributed by atoms with van der Waals surface area (Å²) in [5.74, 6) is 2.40. The van der Waals surface area contributed by atoms with Crippen molar-refractivity contribution in [1.82, 2.24) is 10.6 Å². The molecule has 6 rings (SSSR count). The molecule has 1 heterocycles. The van der Waals surface area contributed by atoms with Gasteiger partial charge in [0.25, 0.3) is 5.91 Å². The molecule has 0 aliphatic heterocycles. The van der Waals surface area contributed by atoms with Crippen LogP contribution in [0, 0.1) is 23.2 Å². The van der Waals surface area contributed by atoms with Crippen LogP contribution in [0.15, 0.2) is 18.2 Å². The zero-order valence-electron chi connectivity index (χ0n) is 16.3. The number of amides is 1. The zero-order valence-corrected chi connectivity index (χ0v) is 19.4. The van der Waals surface area contributed by atoms with Gasteiger partial charge in [-0.25, -0.2) is 0 Å². The standard InChI is InChI=1S/C22H24Cl2N2OS2/c1-11(22-8-12-4-13(9-22)6-14(5-12)10-22)25-21(28)26-20(27)19-18(24)16-3-2-15(23)7-17(16)29-19/h2-3,7,11-14H,4-6,8-10H2,1H3,(H2,25,26,27,28)/t11-,12?,13?,14?,22?/m1/s1. The molecule has 2 N–H and O–H groups in total. The van der Waals surface area contributed by atoms with Crippen LogP contribution in [0.4, 0.5) is 0 Å². The van der Waals surface area contributed by atoms with E-state index in [2.05, 4.69) is 17.6 Å². The van der Waals surface area contributed by atoms with Crippen molar-refractivity contribution >= 4 is 67.9 Å². The number of halogens is 2. The number of carbonyl (C=O) groups is 1. The van der Waals surface area contributed by atoms with Gasteiger partial charge in [0.05, 0.1) is 5.02 Å². The Morgan fingerprint density at radius 1 is 1.17 bits per heavy atom. The van der Waals surface area contributed by atoms with E-state index in [1.165, 1.54) is 49.9 Å². The quantitative estimate of drug-likeness (QED) is 0.512. The van der Waals surface area contributed by atoms with Crippen LogP contribution in [0.25, 0.3) is 10.1 Å². The molecule has 1 atom stereocenters. The first-order valence-corrected chi connectivity index (χ1v) is 12.3. The number of hydrogen-bond donors (Lipinski definition) is 2. The maximum absolute atomic E-state index is 12.8. The molecule has 0 unspecified atom stereocenters. The normalized spacial score (nSPS) is 31.1. The lowest BCUT2D eigenvalue weighted by Gasteiger charge is -2.59. The van der Waals surface area contributed by atoms with E-state index in [1.807, 2.05) is 12.1 Å². The third kappa shape index (κ3) is 3.58. The third-order valence-electron chi connectivity index (χ3n) is 7.38. The fourth-order valence-electron chi connectivity index (χ4n) is 6.44. The fraction of sp³-hybridized carbons (Fsp3) is 0.545. The molecule has 1 amide bonds. The van der Waals surface area contributed by atoms with E-state index in [1.54, 1.807) is 6.07 Å². The zero-order chi connectivity index (χ0) is 20.3. The maximum atomic E-state index is 12.8. The van der Waals surface area contributed by atoms with Gasteiger partial charge in [0.1, 0.15) is 4.88 Å². The summed E-state index contributed by atoms with van der Waals surface area (Å²) >= 11 is 19.4. The largest absolute Gasteiger partial charge is 0.359 e. The summed E-state index contributed by atoms with van der Waals surface area (Å²) in [7, 11) is 0. The van der Waals surface area contributed by atoms with Crippen LogP contribution in [0.5, 0.6) is 0 Å². The van der Waals surface area contributed by atoms with Crippen LogP contribution in [0.2, 0.25) is 10.0 Å². The minimum absolute atomic E-state index is 0.262. The summed E-state index contributed by atoms with van der Waals surface area (Å²) in [4.78, 5) is 13.3. The lowest BCUT2D eigenvalue weighted by Crippen LogP contribution is -2.57. The Morgan fingerprint density at radius 3 is 2.41 bits per heavy atom. The fourth-order valence-corrected chi connectivity index (χ4v) is 8.40. The molecule has 29 heavy (non-hydrogen) atoms. The van der Waals surface area contributed by atoms with Crippen LogP contribution < -0.4 is 10.6 Å². The van der Waals surface area contributed by atoms with Crippen molar-refractivity contribution in [3.63, 3.8) is 0 Å². The number of nitrogens with one attached hydrogen (secondary N) is 2. The van der Waals surface area contributed by atoms with Gasteiger partial charge in [-0.1, -0.05) is 29.3 Å². The van der Waals surface area contributed by atoms with E-state index >= 15 is 0 Å². The summed E-state index contributed by atoms with van der Waals surface area (Å²) < 4.78 is 0.897. The van der Waals surface area contributed by atoms with Crippen LogP contribution in [-0.4, -0.2) is 17.1 Å². The second kappa shape index (κ2) is 7.37. The van der Waals surface area contributed by atoms with Gasteiger partial charge in [-0.05, 0) is 93.0 Å². The molecular formula is C22H24Cl2N2OS2. The lowest BCUT2D eigenvalue weighted by atomic mass is 9.48. The highest BCUT2D eigenvalue weighted by molar-refractivity contribution is 7.80. The van der Waals surface area contributed by atoms with Crippen molar-refractivity contribution in [2.45, 2.75) is 51.5 Å². The predicted octanol–water partition coefficient (Wildman–Crippen LogP) is 6.42. The monoisotopic (exact) mass is 466 g/mol. The van der Waals surface area contributed by atoms with E-state index in [4.69, 9.17) is 35.4 Å². The molecule has 4 aliphatic rings. The van der Waals surface area contributed by atoms with Crippen molar-refractivity contribution in [1.29, 1.82) is 0 Å². The van der Waals surface area contributed by atoms with Gasteiger partial charge >= 0.3 is 0 Å². The SMILES string of the molecule is C[C@@H](NC(=S)NC(=O)c1sc2cc(Cl)ccc2c1Cl)C12CC3CC(CC(C3)C1)C2. The lowest BCUT2D eigenvalue weighted by molar-refractivity contribution is -0.0672. The van der Waals surface area contributed by atoms with E-state index in [-0.39, 0.29) is 11.9 Å². The van der Waals surface area contributed by atoms with Gasteiger partial charge in [-0.3, -0.25) is 10.1 Å². The van der Waals surface area contributed by atoms with Crippen LogP contribution in [0.3, 0.4) is 0 Å². The summed E-state index contributed by atoms with van der Waals surface area (Å²) in [6.45, 7) is 2.24. The molecule has 2 aromatic rings. The maximum Gasteiger partial charge on any atom is 0.269 e. The molecule has 0 spiro atoms. The van der Waals surface area contributed by atoms with Crippen molar-refractivity contribution in [2.24, 2.45) is 23.2 Å². The Morgan fingerprint density at radius 2 is 1.79 bits per heavy atom. The molecule has 1 aromatic carbocycles. The van der Waals surface area contributed by atoms with Gasteiger partial charge in [0.2, 0.25) is 0 Å². The molecule has 4 bridgehead atoms. The van der Waals surface area contributed by atoms with Gasteiger partial charge in [-0.15, -0.1) is 11.3 Å². The number of hydrogen-bond acceptors (Lipinski definition) is 3. The number of thiocarbonyl (C=S) groups is 1. The van der Waals surface area contributed by atoms with E-state index < -0.39 is 0 Å². The topological polar surface area (TPSA) is 41.1 Å². The highest BCUT2D eigenvalue weighted by Crippen LogP contribution is 2.61. The second-order valence-corrected chi connectivity index (χ2v) is 11.6. The Labute approximate surface area is 190 Å². The Bertz CT molecular complexity index is 967. The van der Waals surface area contributed by atoms with Gasteiger partial charge < -0.3 is 5.32 Å². The van der Waals surface area contributed by atoms with Crippen molar-refractivity contribution in [2.75, 3.05) is 0 Å². The molecule has 7 heteroatoms. The first kappa shape index (κ1) is 20.0. The first-order chi connectivity index (χ1) is 13.8. The highest BCUT2D eigenvalue weighted by atomic mass is 35.5. The minimum Gasteiger partial charge on any atom is -0.359 e. The molecule has 154 valence electrons. The molecule has 4 aliphatic carbocycles. The minimum atomic E-state index is -0.262. The molecule has 3 nitrogen and oxygen atoms in total. The number of thiophene rings is 1. The van der Waals surface area contributed by atoms with Gasteiger partial charge in [-0.2, -0.15) is 0 Å². The van der Waals surface area contributed by atoms with E-state index in [0.717, 1.165) is 27.8 Å². The molecule has 0 radical (unpaired) electrons. The molecule has 4 fully saturated rings. The van der Waals surface area contributed by atoms with Crippen LogP contribution >= 0.6 is 46.8 Å². The number of rotatable bonds is 3. The number of fused-ring (bicyclic) bond motifs is 1. The predicted molar refractivity (Wildman–Crippen MR) is 125 cm³/mol. The van der Waals surface area contributed by atoms with Gasteiger partial charge in [0.15, 0.2) is 5.11 Å². The highest BCUT2D eigenvalue weighted by Gasteiger charge is 2.53. The number of benzene rings is 1. The average molecular weight is 467 g/mol. The average Bonchev–Trinajstić information content (AvgIpc) is 2.96. The smallest absolute Gasteiger partial charge is 0.269 e. The Balaban J connectivity index is 1.27. The van der Waals surface area contributed by atoms with Gasteiger partial charge in [0, 0.05) is 21.2 Å². The third-order valence-corrected chi connectivity index (χ3v) is 9.49. The van der Waals surface area contributed by atoms with Crippen molar-refractivity contribution in [3.8, 4) is 0 Å². The summed E-state index contributed by atoms with van der Waals surface area (Å²) in [5, 5.41) is 8.61. The van der Waals surface area contributed by atoms with Crippen molar-refractivity contribution in [3.05, 3.63) is 33.1 Å². The van der Waals surface area contributed by atoms with E-state index in [9.17, 15) is 4.79 Å². The number of carbonyl (C=O) groups excluding carboxylic acids is 1. The van der Waals surface area contributed by atoms with Crippen molar-refractivity contribution < 1.29 is 4.79 Å².